The predicted molar refractivity (Wildman–Crippen MR) is 89.3 cm³/mol. The Kier molecular flexibility index (Phi) is 4.80. The van der Waals surface area contributed by atoms with Gasteiger partial charge in [0.25, 0.3) is 5.91 Å². The fourth-order valence-electron chi connectivity index (χ4n) is 3.05. The number of aromatic nitrogens is 1. The molecule has 1 saturated heterocycles. The Morgan fingerprint density at radius 2 is 2.08 bits per heavy atom. The summed E-state index contributed by atoms with van der Waals surface area (Å²) in [5.74, 6) is 1.29. The van der Waals surface area contributed by atoms with Crippen LogP contribution in [0, 0.1) is 0 Å². The maximum absolute atomic E-state index is 12.6. The van der Waals surface area contributed by atoms with Crippen molar-refractivity contribution < 1.29 is 23.7 Å². The molecule has 2 N–H and O–H groups in total. The van der Waals surface area contributed by atoms with E-state index in [-0.39, 0.29) is 12.0 Å². The van der Waals surface area contributed by atoms with Crippen molar-refractivity contribution in [2.24, 2.45) is 0 Å². The summed E-state index contributed by atoms with van der Waals surface area (Å²) in [4.78, 5) is 15.7. The number of methoxy groups -OCH3 is 3. The van der Waals surface area contributed by atoms with Crippen molar-refractivity contribution in [2.75, 3.05) is 34.5 Å². The topological polar surface area (TPSA) is 81.8 Å². The van der Waals surface area contributed by atoms with E-state index in [1.807, 2.05) is 0 Å². The molecule has 1 aromatic heterocycles. The fourth-order valence-corrected chi connectivity index (χ4v) is 3.05. The number of benzene rings is 1. The maximum Gasteiger partial charge on any atom is 0.253 e. The van der Waals surface area contributed by atoms with Crippen molar-refractivity contribution >= 4 is 16.8 Å². The number of rotatable bonds is 6. The molecule has 2 aromatic rings. The molecule has 3 rings (SSSR count). The summed E-state index contributed by atoms with van der Waals surface area (Å²) >= 11 is 0. The fraction of sp³-hybridized carbons (Fsp3) is 0.471. The van der Waals surface area contributed by atoms with Gasteiger partial charge in [-0.1, -0.05) is 0 Å². The number of carbonyl (C=O) groups is 1. The molecular formula is C17H22N2O5. The largest absolute Gasteiger partial charge is 0.493 e. The second kappa shape index (κ2) is 7.00. The van der Waals surface area contributed by atoms with Gasteiger partial charge in [-0.05, 0) is 12.8 Å². The lowest BCUT2D eigenvalue weighted by molar-refractivity contribution is 0.0859. The van der Waals surface area contributed by atoms with Crippen molar-refractivity contribution in [1.29, 1.82) is 0 Å². The molecule has 1 aliphatic heterocycles. The molecule has 0 saturated carbocycles. The predicted octanol–water partition coefficient (Wildman–Crippen LogP) is 2.10. The second-order valence-electron chi connectivity index (χ2n) is 5.62. The molecule has 0 bridgehead atoms. The molecule has 1 amide bonds. The Bertz CT molecular complexity index is 734. The lowest BCUT2D eigenvalue weighted by Crippen LogP contribution is -2.31. The molecule has 1 atom stereocenters. The third-order valence-electron chi connectivity index (χ3n) is 4.23. The smallest absolute Gasteiger partial charge is 0.253 e. The van der Waals surface area contributed by atoms with Gasteiger partial charge in [-0.25, -0.2) is 0 Å². The summed E-state index contributed by atoms with van der Waals surface area (Å²) in [7, 11) is 4.63. The summed E-state index contributed by atoms with van der Waals surface area (Å²) in [6, 6.07) is 1.79. The van der Waals surface area contributed by atoms with Gasteiger partial charge < -0.3 is 29.2 Å². The Hall–Kier alpha value is -2.41. The number of ether oxygens (including phenoxy) is 4. The van der Waals surface area contributed by atoms with Gasteiger partial charge in [0.15, 0.2) is 11.5 Å². The zero-order valence-electron chi connectivity index (χ0n) is 14.1. The quantitative estimate of drug-likeness (QED) is 0.845. The zero-order valence-corrected chi connectivity index (χ0v) is 14.1. The first kappa shape index (κ1) is 16.4. The van der Waals surface area contributed by atoms with Crippen LogP contribution in [0.15, 0.2) is 12.3 Å². The minimum atomic E-state index is -0.178. The van der Waals surface area contributed by atoms with Gasteiger partial charge in [-0.3, -0.25) is 4.79 Å². The molecule has 130 valence electrons. The van der Waals surface area contributed by atoms with Crippen molar-refractivity contribution in [2.45, 2.75) is 18.9 Å². The standard InChI is InChI=1S/C17H22N2O5/c1-21-13-7-12-14(16(23-3)15(13)22-2)11(9-18-12)17(20)19-8-10-5-4-6-24-10/h7,9-10,18H,4-6,8H2,1-3H3,(H,19,20). The average molecular weight is 334 g/mol. The van der Waals surface area contributed by atoms with Crippen LogP contribution in [-0.4, -0.2) is 51.5 Å². The van der Waals surface area contributed by atoms with E-state index in [4.69, 9.17) is 18.9 Å². The summed E-state index contributed by atoms with van der Waals surface area (Å²) in [5.41, 5.74) is 1.24. The van der Waals surface area contributed by atoms with Crippen molar-refractivity contribution in [3.63, 3.8) is 0 Å². The number of H-pyrrole nitrogens is 1. The van der Waals surface area contributed by atoms with Gasteiger partial charge >= 0.3 is 0 Å². The average Bonchev–Trinajstić information content (AvgIpc) is 3.27. The van der Waals surface area contributed by atoms with E-state index in [0.717, 1.165) is 25.0 Å². The molecule has 0 spiro atoms. The third-order valence-corrected chi connectivity index (χ3v) is 4.23. The Labute approximate surface area is 140 Å². The van der Waals surface area contributed by atoms with Crippen molar-refractivity contribution in [3.05, 3.63) is 17.8 Å². The van der Waals surface area contributed by atoms with Crippen LogP contribution in [0.2, 0.25) is 0 Å². The second-order valence-corrected chi connectivity index (χ2v) is 5.62. The lowest BCUT2D eigenvalue weighted by Gasteiger charge is -2.14. The molecule has 1 fully saturated rings. The van der Waals surface area contributed by atoms with Gasteiger partial charge in [0.1, 0.15) is 0 Å². The van der Waals surface area contributed by atoms with Crippen LogP contribution in [0.25, 0.3) is 10.9 Å². The Morgan fingerprint density at radius 1 is 1.29 bits per heavy atom. The van der Waals surface area contributed by atoms with Gasteiger partial charge in [0, 0.05) is 25.4 Å². The van der Waals surface area contributed by atoms with E-state index in [9.17, 15) is 4.79 Å². The van der Waals surface area contributed by atoms with Gasteiger partial charge in [-0.2, -0.15) is 0 Å². The third kappa shape index (κ3) is 2.87. The minimum absolute atomic E-state index is 0.0932. The molecule has 0 aliphatic carbocycles. The number of hydrogen-bond donors (Lipinski definition) is 2. The van der Waals surface area contributed by atoms with E-state index >= 15 is 0 Å². The van der Waals surface area contributed by atoms with Crippen LogP contribution < -0.4 is 19.5 Å². The number of amides is 1. The normalized spacial score (nSPS) is 17.0. The van der Waals surface area contributed by atoms with Crippen LogP contribution in [-0.2, 0) is 4.74 Å². The molecule has 1 aromatic carbocycles. The van der Waals surface area contributed by atoms with Crippen molar-refractivity contribution in [1.82, 2.24) is 10.3 Å². The number of hydrogen-bond acceptors (Lipinski definition) is 5. The first-order valence-electron chi connectivity index (χ1n) is 7.89. The van der Waals surface area contributed by atoms with E-state index in [1.54, 1.807) is 19.4 Å². The van der Waals surface area contributed by atoms with Crippen LogP contribution in [0.3, 0.4) is 0 Å². The zero-order chi connectivity index (χ0) is 17.1. The SMILES string of the molecule is COc1cc2[nH]cc(C(=O)NCC3CCCO3)c2c(OC)c1OC. The molecule has 0 radical (unpaired) electrons. The van der Waals surface area contributed by atoms with Crippen molar-refractivity contribution in [3.8, 4) is 17.2 Å². The number of nitrogens with one attached hydrogen (secondary N) is 2. The van der Waals surface area contributed by atoms with E-state index < -0.39 is 0 Å². The summed E-state index contributed by atoms with van der Waals surface area (Å²) in [6.45, 7) is 1.26. The van der Waals surface area contributed by atoms with E-state index in [2.05, 4.69) is 10.3 Å². The van der Waals surface area contributed by atoms with Crippen LogP contribution in [0.4, 0.5) is 0 Å². The number of carbonyl (C=O) groups excluding carboxylic acids is 1. The highest BCUT2D eigenvalue weighted by molar-refractivity contribution is 6.10. The van der Waals surface area contributed by atoms with E-state index in [0.29, 0.717) is 34.7 Å². The summed E-state index contributed by atoms with van der Waals surface area (Å²) in [5, 5.41) is 3.59. The van der Waals surface area contributed by atoms with Gasteiger partial charge in [-0.15, -0.1) is 0 Å². The Morgan fingerprint density at radius 3 is 2.71 bits per heavy atom. The van der Waals surface area contributed by atoms with E-state index in [1.165, 1.54) is 14.2 Å². The molecule has 7 nitrogen and oxygen atoms in total. The summed E-state index contributed by atoms with van der Waals surface area (Å²) in [6.07, 6.45) is 3.77. The molecular weight excluding hydrogens is 312 g/mol. The van der Waals surface area contributed by atoms with Crippen LogP contribution in [0.1, 0.15) is 23.2 Å². The first-order valence-corrected chi connectivity index (χ1v) is 7.89. The first-order chi connectivity index (χ1) is 11.7. The molecule has 1 unspecified atom stereocenters. The molecule has 24 heavy (non-hydrogen) atoms. The highest BCUT2D eigenvalue weighted by Crippen LogP contribution is 2.44. The monoisotopic (exact) mass is 334 g/mol. The minimum Gasteiger partial charge on any atom is -0.493 e. The maximum atomic E-state index is 12.6. The van der Waals surface area contributed by atoms with Crippen LogP contribution >= 0.6 is 0 Å². The summed E-state index contributed by atoms with van der Waals surface area (Å²) < 4.78 is 21.8. The van der Waals surface area contributed by atoms with Crippen LogP contribution in [0.5, 0.6) is 17.2 Å². The number of aromatic amines is 1. The molecule has 2 heterocycles. The highest BCUT2D eigenvalue weighted by atomic mass is 16.5. The van der Waals surface area contributed by atoms with Gasteiger partial charge in [0.2, 0.25) is 5.75 Å². The van der Waals surface area contributed by atoms with Gasteiger partial charge in [0.05, 0.1) is 43.9 Å². The highest BCUT2D eigenvalue weighted by Gasteiger charge is 2.23. The lowest BCUT2D eigenvalue weighted by atomic mass is 10.1. The molecule has 7 heteroatoms. The number of fused-ring (bicyclic) bond motifs is 1. The molecule has 1 aliphatic rings. The Balaban J connectivity index is 1.94.